The first kappa shape index (κ1) is 16.8. The molecule has 0 amide bonds. The number of hydrogen-bond donors (Lipinski definition) is 2. The second kappa shape index (κ2) is 6.02. The van der Waals surface area contributed by atoms with Gasteiger partial charge in [-0.25, -0.2) is 14.7 Å². The number of carboxylic acids is 1. The van der Waals surface area contributed by atoms with E-state index in [1.807, 2.05) is 0 Å². The van der Waals surface area contributed by atoms with Gasteiger partial charge in [-0.2, -0.15) is 8.42 Å². The third-order valence-corrected chi connectivity index (χ3v) is 3.34. The van der Waals surface area contributed by atoms with Crippen LogP contribution in [0.15, 0.2) is 28.8 Å². The van der Waals surface area contributed by atoms with Crippen molar-refractivity contribution in [3.05, 3.63) is 28.8 Å². The second-order valence-electron chi connectivity index (χ2n) is 3.88. The summed E-state index contributed by atoms with van der Waals surface area (Å²) in [6.07, 6.45) is 1.18. The van der Waals surface area contributed by atoms with Crippen LogP contribution >= 0.6 is 0 Å². The zero-order valence-corrected chi connectivity index (χ0v) is 11.6. The van der Waals surface area contributed by atoms with Gasteiger partial charge in [0, 0.05) is 0 Å². The minimum absolute atomic E-state index is 0.274. The van der Waals surface area contributed by atoms with Crippen LogP contribution in [0.3, 0.4) is 0 Å². The van der Waals surface area contributed by atoms with Gasteiger partial charge in [0.25, 0.3) is 0 Å². The van der Waals surface area contributed by atoms with Gasteiger partial charge < -0.3 is 5.11 Å². The van der Waals surface area contributed by atoms with Gasteiger partial charge in [-0.1, -0.05) is 6.08 Å². The van der Waals surface area contributed by atoms with Crippen LogP contribution < -0.4 is 0 Å². The molecule has 0 radical (unpaired) electrons. The van der Waals surface area contributed by atoms with Gasteiger partial charge in [-0.3, -0.25) is 14.2 Å². The molecule has 0 saturated carbocycles. The van der Waals surface area contributed by atoms with E-state index in [0.29, 0.717) is 0 Å². The maximum absolute atomic E-state index is 11.5. The molecule has 0 saturated heterocycles. The molecule has 2 N–H and O–H groups in total. The van der Waals surface area contributed by atoms with Crippen LogP contribution in [0.2, 0.25) is 0 Å². The summed E-state index contributed by atoms with van der Waals surface area (Å²) in [6, 6.07) is -1.92. The molecular weight excluding hydrogens is 306 g/mol. The standard InChI is InChI=1S/C11H11NO8S/c1-3-4-20-12-9(11(15)16)7(5-13)8(6(2)14)10(12)21(17,18)19/h3,9H,1,4H2,2H3,(H,15,16)(H,17,18,19). The quantitative estimate of drug-likeness (QED) is 0.370. The lowest BCUT2D eigenvalue weighted by Crippen LogP contribution is -2.39. The third-order valence-electron chi connectivity index (χ3n) is 2.46. The molecule has 114 valence electrons. The van der Waals surface area contributed by atoms with Gasteiger partial charge in [0.05, 0.1) is 17.8 Å². The summed E-state index contributed by atoms with van der Waals surface area (Å²) in [5.41, 5.74) is -1.52. The number of carbonyl (C=O) groups excluding carboxylic acids is 2. The lowest BCUT2D eigenvalue weighted by Gasteiger charge is -2.23. The Hall–Kier alpha value is -2.26. The zero-order chi connectivity index (χ0) is 16.4. The molecule has 0 fully saturated rings. The van der Waals surface area contributed by atoms with E-state index < -0.39 is 44.1 Å². The number of carbonyl (C=O) groups is 2. The fraction of sp³-hybridized carbons (Fsp3) is 0.273. The summed E-state index contributed by atoms with van der Waals surface area (Å²) < 4.78 is 32.0. The van der Waals surface area contributed by atoms with Crippen LogP contribution in [0.25, 0.3) is 0 Å². The van der Waals surface area contributed by atoms with E-state index in [1.165, 1.54) is 12.0 Å². The fourth-order valence-corrected chi connectivity index (χ4v) is 2.67. The molecule has 1 heterocycles. The summed E-state index contributed by atoms with van der Waals surface area (Å²) in [6.45, 7) is 3.89. The van der Waals surface area contributed by atoms with Crippen molar-refractivity contribution in [2.75, 3.05) is 6.61 Å². The summed E-state index contributed by atoms with van der Waals surface area (Å²) in [7, 11) is -5.02. The highest BCUT2D eigenvalue weighted by molar-refractivity contribution is 7.89. The molecule has 9 nitrogen and oxygen atoms in total. The lowest BCUT2D eigenvalue weighted by atomic mass is 10.0. The van der Waals surface area contributed by atoms with Crippen molar-refractivity contribution in [1.82, 2.24) is 5.06 Å². The number of aliphatic carboxylic acids is 1. The molecule has 0 aromatic rings. The van der Waals surface area contributed by atoms with Crippen molar-refractivity contribution in [3.63, 3.8) is 0 Å². The Labute approximate surface area is 119 Å². The van der Waals surface area contributed by atoms with Gasteiger partial charge in [0.15, 0.2) is 16.9 Å². The van der Waals surface area contributed by atoms with Crippen LogP contribution in [0, 0.1) is 0 Å². The molecule has 0 bridgehead atoms. The smallest absolute Gasteiger partial charge is 0.334 e. The van der Waals surface area contributed by atoms with Gasteiger partial charge in [-0.15, -0.1) is 6.58 Å². The number of nitrogens with zero attached hydrogens (tertiary/aromatic N) is 1. The van der Waals surface area contributed by atoms with E-state index in [4.69, 9.17) is 9.94 Å². The molecule has 1 atom stereocenters. The van der Waals surface area contributed by atoms with Gasteiger partial charge in [-0.05, 0) is 6.92 Å². The molecule has 1 aliphatic rings. The van der Waals surface area contributed by atoms with Gasteiger partial charge in [0.2, 0.25) is 0 Å². The predicted octanol–water partition coefficient (Wildman–Crippen LogP) is -0.681. The third kappa shape index (κ3) is 3.09. The highest BCUT2D eigenvalue weighted by Crippen LogP contribution is 2.36. The molecule has 0 aromatic carbocycles. The van der Waals surface area contributed by atoms with E-state index in [1.54, 1.807) is 0 Å². The van der Waals surface area contributed by atoms with Crippen LogP contribution in [0.4, 0.5) is 0 Å². The molecule has 21 heavy (non-hydrogen) atoms. The van der Waals surface area contributed by atoms with Gasteiger partial charge >= 0.3 is 16.1 Å². The van der Waals surface area contributed by atoms with Crippen molar-refractivity contribution in [2.24, 2.45) is 0 Å². The van der Waals surface area contributed by atoms with Crippen LogP contribution in [0.1, 0.15) is 6.92 Å². The van der Waals surface area contributed by atoms with E-state index in [9.17, 15) is 27.4 Å². The van der Waals surface area contributed by atoms with Crippen molar-refractivity contribution in [2.45, 2.75) is 13.0 Å². The van der Waals surface area contributed by atoms with Gasteiger partial charge in [0.1, 0.15) is 5.94 Å². The molecule has 0 aromatic heterocycles. The van der Waals surface area contributed by atoms with Crippen LogP contribution in [-0.4, -0.2) is 53.5 Å². The Bertz CT molecular complexity index is 683. The van der Waals surface area contributed by atoms with Crippen LogP contribution in [-0.2, 0) is 29.3 Å². The van der Waals surface area contributed by atoms with E-state index in [-0.39, 0.29) is 11.7 Å². The number of ketones is 1. The van der Waals surface area contributed by atoms with Crippen molar-refractivity contribution in [1.29, 1.82) is 0 Å². The monoisotopic (exact) mass is 317 g/mol. The Morgan fingerprint density at radius 2 is 2.10 bits per heavy atom. The maximum atomic E-state index is 11.5. The first-order valence-electron chi connectivity index (χ1n) is 5.40. The summed E-state index contributed by atoms with van der Waals surface area (Å²) >= 11 is 0. The lowest BCUT2D eigenvalue weighted by molar-refractivity contribution is -0.165. The Morgan fingerprint density at radius 1 is 1.52 bits per heavy atom. The summed E-state index contributed by atoms with van der Waals surface area (Å²) in [4.78, 5) is 38.6. The second-order valence-corrected chi connectivity index (χ2v) is 5.21. The minimum Gasteiger partial charge on any atom is -0.479 e. The normalized spacial score (nSPS) is 18.7. The van der Waals surface area contributed by atoms with Crippen LogP contribution in [0.5, 0.6) is 0 Å². The average Bonchev–Trinajstić information content (AvgIpc) is 2.70. The summed E-state index contributed by atoms with van der Waals surface area (Å²) in [5.74, 6) is -1.37. The zero-order valence-electron chi connectivity index (χ0n) is 10.8. The first-order chi connectivity index (χ1) is 9.66. The number of Topliss-reactive ketones (excluding diaryl/α,β-unsaturated/α-hetero) is 1. The maximum Gasteiger partial charge on any atom is 0.334 e. The SMILES string of the molecule is C=CCON1C(S(=O)(=O)O)=C(C(C)=O)C(=C=O)C1C(=O)O. The molecule has 10 heteroatoms. The van der Waals surface area contributed by atoms with E-state index in [0.717, 1.165) is 6.92 Å². The molecule has 0 aliphatic carbocycles. The largest absolute Gasteiger partial charge is 0.479 e. The van der Waals surface area contributed by atoms with E-state index in [2.05, 4.69) is 6.58 Å². The molecule has 1 unspecified atom stereocenters. The number of rotatable bonds is 6. The van der Waals surface area contributed by atoms with Crippen molar-refractivity contribution in [3.8, 4) is 0 Å². The number of carboxylic acid groups (broad SMARTS) is 1. The average molecular weight is 317 g/mol. The number of hydroxylamine groups is 2. The minimum atomic E-state index is -5.02. The predicted molar refractivity (Wildman–Crippen MR) is 67.9 cm³/mol. The first-order valence-corrected chi connectivity index (χ1v) is 6.84. The Balaban J connectivity index is 3.68. The molecular formula is C11H11NO8S. The highest BCUT2D eigenvalue weighted by Gasteiger charge is 2.49. The fourth-order valence-electron chi connectivity index (χ4n) is 1.78. The highest BCUT2D eigenvalue weighted by atomic mass is 32.2. The van der Waals surface area contributed by atoms with Crippen molar-refractivity contribution >= 4 is 27.8 Å². The molecule has 0 spiro atoms. The Kier molecular flexibility index (Phi) is 4.81. The molecule has 1 aliphatic heterocycles. The molecule has 1 rings (SSSR count). The topological polar surface area (TPSA) is 138 Å². The van der Waals surface area contributed by atoms with Crippen molar-refractivity contribution < 1.29 is 37.3 Å². The van der Waals surface area contributed by atoms with E-state index >= 15 is 0 Å². The Morgan fingerprint density at radius 3 is 2.43 bits per heavy atom. The number of hydrogen-bond acceptors (Lipinski definition) is 7. The summed E-state index contributed by atoms with van der Waals surface area (Å²) in [5, 5.41) is 8.27.